The Labute approximate surface area is 167 Å². The summed E-state index contributed by atoms with van der Waals surface area (Å²) in [5, 5.41) is 9.11. The van der Waals surface area contributed by atoms with Crippen molar-refractivity contribution in [2.75, 3.05) is 39.4 Å². The molecule has 28 heavy (non-hydrogen) atoms. The summed E-state index contributed by atoms with van der Waals surface area (Å²) in [4.78, 5) is 9.68. The van der Waals surface area contributed by atoms with Crippen LogP contribution < -0.4 is 0 Å². The number of likely N-dealkylation sites (tertiary alicyclic amines) is 1. The molecule has 4 heterocycles. The third-order valence-electron chi connectivity index (χ3n) is 6.41. The highest BCUT2D eigenvalue weighted by molar-refractivity contribution is 5.14. The van der Waals surface area contributed by atoms with Crippen LogP contribution in [0.15, 0.2) is 0 Å². The van der Waals surface area contributed by atoms with Crippen molar-refractivity contribution in [3.63, 3.8) is 0 Å². The zero-order valence-corrected chi connectivity index (χ0v) is 17.7. The average Bonchev–Trinajstić information content (AvgIpc) is 3.18. The fourth-order valence-corrected chi connectivity index (χ4v) is 4.36. The first-order chi connectivity index (χ1) is 13.5. The molecule has 0 bridgehead atoms. The van der Waals surface area contributed by atoms with Crippen molar-refractivity contribution < 1.29 is 4.74 Å². The van der Waals surface area contributed by atoms with E-state index in [1.54, 1.807) is 0 Å². The fraction of sp³-hybridized carbons (Fsp3) is 0.750. The number of imidazole rings is 1. The van der Waals surface area contributed by atoms with Gasteiger partial charge >= 0.3 is 0 Å². The van der Waals surface area contributed by atoms with Crippen LogP contribution in [0, 0.1) is 13.8 Å². The molecule has 1 unspecified atom stereocenters. The van der Waals surface area contributed by atoms with Crippen LogP contribution in [0.3, 0.4) is 0 Å². The average molecular weight is 388 g/mol. The summed E-state index contributed by atoms with van der Waals surface area (Å²) in [7, 11) is 4.24. The van der Waals surface area contributed by atoms with Crippen molar-refractivity contribution in [2.45, 2.75) is 45.7 Å². The maximum atomic E-state index is 5.45. The van der Waals surface area contributed by atoms with Crippen molar-refractivity contribution in [1.82, 2.24) is 34.1 Å². The molecule has 0 saturated carbocycles. The van der Waals surface area contributed by atoms with Gasteiger partial charge in [0.1, 0.15) is 17.5 Å². The smallest absolute Gasteiger partial charge is 0.146 e. The summed E-state index contributed by atoms with van der Waals surface area (Å²) in [6, 6.07) is 0. The summed E-state index contributed by atoms with van der Waals surface area (Å²) < 4.78 is 9.89. The Morgan fingerprint density at radius 2 is 1.68 bits per heavy atom. The molecular weight excluding hydrogens is 354 g/mol. The first-order valence-electron chi connectivity index (χ1n) is 10.4. The third-order valence-corrected chi connectivity index (χ3v) is 6.41. The number of aromatic nitrogens is 5. The predicted octanol–water partition coefficient (Wildman–Crippen LogP) is 1.38. The van der Waals surface area contributed by atoms with E-state index in [0.717, 1.165) is 75.6 Å². The second kappa shape index (κ2) is 8.31. The molecule has 0 amide bonds. The van der Waals surface area contributed by atoms with Crippen LogP contribution in [0.5, 0.6) is 0 Å². The van der Waals surface area contributed by atoms with Crippen LogP contribution in [-0.2, 0) is 31.9 Å². The molecule has 0 N–H and O–H groups in total. The Kier molecular flexibility index (Phi) is 5.80. The van der Waals surface area contributed by atoms with Crippen LogP contribution in [0.4, 0.5) is 0 Å². The Morgan fingerprint density at radius 3 is 2.39 bits per heavy atom. The first kappa shape index (κ1) is 19.5. The number of hydrogen-bond donors (Lipinski definition) is 0. The molecule has 2 fully saturated rings. The van der Waals surface area contributed by atoms with Crippen molar-refractivity contribution in [3.8, 4) is 0 Å². The topological polar surface area (TPSA) is 64.2 Å². The van der Waals surface area contributed by atoms with Gasteiger partial charge in [0.2, 0.25) is 0 Å². The zero-order valence-electron chi connectivity index (χ0n) is 17.7. The third kappa shape index (κ3) is 3.99. The number of hydrogen-bond acceptors (Lipinski definition) is 6. The van der Waals surface area contributed by atoms with Crippen molar-refractivity contribution in [3.05, 3.63) is 28.9 Å². The number of rotatable bonds is 5. The Hall–Kier alpha value is -1.77. The molecule has 154 valence electrons. The molecule has 0 aliphatic carbocycles. The molecule has 8 nitrogen and oxygen atoms in total. The van der Waals surface area contributed by atoms with E-state index in [0.29, 0.717) is 5.92 Å². The summed E-state index contributed by atoms with van der Waals surface area (Å²) in [6.07, 6.45) is 2.37. The molecule has 2 aromatic rings. The lowest BCUT2D eigenvalue weighted by molar-refractivity contribution is 0.0326. The van der Waals surface area contributed by atoms with Crippen LogP contribution in [0.2, 0.25) is 0 Å². The Balaban J connectivity index is 1.42. The lowest BCUT2D eigenvalue weighted by atomic mass is 9.97. The molecule has 1 atom stereocenters. The summed E-state index contributed by atoms with van der Waals surface area (Å²) in [5.74, 6) is 3.78. The summed E-state index contributed by atoms with van der Waals surface area (Å²) >= 11 is 0. The van der Waals surface area contributed by atoms with Gasteiger partial charge in [-0.25, -0.2) is 4.98 Å². The van der Waals surface area contributed by atoms with Gasteiger partial charge in [-0.1, -0.05) is 0 Å². The van der Waals surface area contributed by atoms with Crippen LogP contribution in [-0.4, -0.2) is 73.5 Å². The molecule has 2 aliphatic rings. The normalized spacial score (nSPS) is 22.1. The zero-order chi connectivity index (χ0) is 19.7. The number of morpholine rings is 1. The molecular formula is C20H33N7O. The fourth-order valence-electron chi connectivity index (χ4n) is 4.36. The lowest BCUT2D eigenvalue weighted by Crippen LogP contribution is -2.37. The van der Waals surface area contributed by atoms with Gasteiger partial charge in [0.15, 0.2) is 0 Å². The van der Waals surface area contributed by atoms with Crippen LogP contribution >= 0.6 is 0 Å². The Bertz CT molecular complexity index is 806. The maximum absolute atomic E-state index is 5.45. The van der Waals surface area contributed by atoms with E-state index in [1.807, 2.05) is 0 Å². The molecule has 2 aromatic heterocycles. The van der Waals surface area contributed by atoms with E-state index in [1.165, 1.54) is 18.5 Å². The number of nitrogens with zero attached hydrogens (tertiary/aromatic N) is 7. The molecule has 0 aromatic carbocycles. The van der Waals surface area contributed by atoms with E-state index in [-0.39, 0.29) is 0 Å². The van der Waals surface area contributed by atoms with Gasteiger partial charge in [0.25, 0.3) is 0 Å². The van der Waals surface area contributed by atoms with Gasteiger partial charge in [-0.05, 0) is 33.2 Å². The monoisotopic (exact) mass is 387 g/mol. The van der Waals surface area contributed by atoms with Crippen molar-refractivity contribution in [2.24, 2.45) is 14.1 Å². The highest BCUT2D eigenvalue weighted by atomic mass is 16.5. The van der Waals surface area contributed by atoms with E-state index >= 15 is 0 Å². The van der Waals surface area contributed by atoms with Crippen LogP contribution in [0.1, 0.15) is 47.6 Å². The van der Waals surface area contributed by atoms with Gasteiger partial charge in [-0.2, -0.15) is 0 Å². The highest BCUT2D eigenvalue weighted by Gasteiger charge is 2.27. The predicted molar refractivity (Wildman–Crippen MR) is 107 cm³/mol. The molecule has 2 aliphatic heterocycles. The SMILES string of the molecule is Cc1nc(CN2CCCC(c3nnc(CN4CCOCC4)n3C)C2)n(C)c1C. The number of ether oxygens (including phenoxy) is 1. The minimum absolute atomic E-state index is 0.437. The summed E-state index contributed by atoms with van der Waals surface area (Å²) in [5.41, 5.74) is 2.39. The second-order valence-electron chi connectivity index (χ2n) is 8.25. The maximum Gasteiger partial charge on any atom is 0.146 e. The van der Waals surface area contributed by atoms with Gasteiger partial charge in [0, 0.05) is 45.3 Å². The first-order valence-corrected chi connectivity index (χ1v) is 10.4. The minimum Gasteiger partial charge on any atom is -0.379 e. The van der Waals surface area contributed by atoms with Gasteiger partial charge in [-0.15, -0.1) is 10.2 Å². The van der Waals surface area contributed by atoms with E-state index in [4.69, 9.17) is 9.72 Å². The highest BCUT2D eigenvalue weighted by Crippen LogP contribution is 2.27. The van der Waals surface area contributed by atoms with Crippen molar-refractivity contribution in [1.29, 1.82) is 0 Å². The molecule has 8 heteroatoms. The number of aryl methyl sites for hydroxylation is 1. The molecule has 0 radical (unpaired) electrons. The second-order valence-corrected chi connectivity index (χ2v) is 8.25. The van der Waals surface area contributed by atoms with E-state index in [2.05, 4.69) is 57.1 Å². The van der Waals surface area contributed by atoms with E-state index < -0.39 is 0 Å². The molecule has 0 spiro atoms. The number of piperidine rings is 1. The molecule has 4 rings (SSSR count). The van der Waals surface area contributed by atoms with Gasteiger partial charge in [0.05, 0.1) is 32.0 Å². The molecule has 2 saturated heterocycles. The minimum atomic E-state index is 0.437. The van der Waals surface area contributed by atoms with Gasteiger partial charge < -0.3 is 13.9 Å². The van der Waals surface area contributed by atoms with Gasteiger partial charge in [-0.3, -0.25) is 9.80 Å². The Morgan fingerprint density at radius 1 is 0.929 bits per heavy atom. The standard InChI is InChI=1S/C20H33N7O/c1-15-16(2)24(3)18(21-15)13-27-7-5-6-17(12-27)20-23-22-19(25(20)4)14-26-8-10-28-11-9-26/h17H,5-14H2,1-4H3. The quantitative estimate of drug-likeness (QED) is 0.772. The summed E-state index contributed by atoms with van der Waals surface area (Å²) in [6.45, 7) is 11.7. The largest absolute Gasteiger partial charge is 0.379 e. The van der Waals surface area contributed by atoms with Crippen molar-refractivity contribution >= 4 is 0 Å². The lowest BCUT2D eigenvalue weighted by Gasteiger charge is -2.32. The van der Waals surface area contributed by atoms with Crippen LogP contribution in [0.25, 0.3) is 0 Å². The van der Waals surface area contributed by atoms with E-state index in [9.17, 15) is 0 Å².